The Hall–Kier alpha value is -4.46. The number of ketones is 2. The number of halogens is 6. The number of nitrogens with zero attached hydrogens (tertiary/aromatic N) is 2. The Balaban J connectivity index is 0.00000123. The predicted octanol–water partition coefficient (Wildman–Crippen LogP) is 11.7. The fourth-order valence-electron chi connectivity index (χ4n) is 6.32. The van der Waals surface area contributed by atoms with E-state index in [9.17, 15) is 36.7 Å². The Morgan fingerprint density at radius 2 is 0.804 bits per heavy atom. The number of aliphatic hydroxyl groups is 2. The predicted molar refractivity (Wildman–Crippen MR) is 210 cm³/mol. The van der Waals surface area contributed by atoms with Crippen LogP contribution in [0, 0.1) is 41.5 Å². The normalized spacial score (nSPS) is 15.0. The number of aryl methyl sites for hydroxylation is 6. The monoisotopic (exact) mass is 934 g/mol. The van der Waals surface area contributed by atoms with Crippen molar-refractivity contribution in [1.29, 1.82) is 0 Å². The molecule has 301 valence electrons. The Kier molecular flexibility index (Phi) is 15.5. The first-order valence-corrected chi connectivity index (χ1v) is 22.8. The summed E-state index contributed by atoms with van der Waals surface area (Å²) in [6.45, 7) is 14.4. The van der Waals surface area contributed by atoms with Crippen molar-refractivity contribution in [1.82, 2.24) is 0 Å². The molecule has 4 rings (SSSR count). The summed E-state index contributed by atoms with van der Waals surface area (Å²) < 4.78 is 59.6. The van der Waals surface area contributed by atoms with Crippen LogP contribution in [0.3, 0.4) is 0 Å². The van der Waals surface area contributed by atoms with Crippen LogP contribution in [0.1, 0.15) is 81.6 Å². The number of hydrogen-bond acceptors (Lipinski definition) is 6. The van der Waals surface area contributed by atoms with Gasteiger partial charge in [0.15, 0.2) is 11.6 Å². The summed E-state index contributed by atoms with van der Waals surface area (Å²) in [5.41, 5.74) is 8.51. The van der Waals surface area contributed by atoms with Crippen molar-refractivity contribution < 1.29 is 53.5 Å². The molecular formula is C42H44CoF6N2O4Sb+. The molecule has 14 heteroatoms. The van der Waals surface area contributed by atoms with Gasteiger partial charge in [-0.05, 0) is 88.8 Å². The maximum absolute atomic E-state index is 13.0. The van der Waals surface area contributed by atoms with Crippen molar-refractivity contribution in [2.24, 2.45) is 9.98 Å². The molecule has 2 atom stereocenters. The molecule has 0 fully saturated rings. The van der Waals surface area contributed by atoms with Gasteiger partial charge < -0.3 is 10.2 Å². The Bertz CT molecular complexity index is 2000. The minimum atomic E-state index is -11.2. The van der Waals surface area contributed by atoms with Gasteiger partial charge in [0.2, 0.25) is 0 Å². The van der Waals surface area contributed by atoms with E-state index in [1.165, 1.54) is 26.3 Å². The summed E-state index contributed by atoms with van der Waals surface area (Å²) in [5.74, 6) is -0.942. The fourth-order valence-corrected chi connectivity index (χ4v) is 6.32. The third-order valence-corrected chi connectivity index (χ3v) is 8.41. The number of rotatable bonds is 11. The van der Waals surface area contributed by atoms with Crippen molar-refractivity contribution in [2.75, 3.05) is 0 Å². The molecule has 6 nitrogen and oxygen atoms in total. The van der Waals surface area contributed by atoms with Gasteiger partial charge in [0, 0.05) is 23.6 Å². The number of carbonyl (C=O) groups is 2. The molecule has 56 heavy (non-hydrogen) atoms. The van der Waals surface area contributed by atoms with Crippen LogP contribution in [-0.2, 0) is 26.4 Å². The third kappa shape index (κ3) is 14.6. The van der Waals surface area contributed by atoms with E-state index < -0.39 is 31.6 Å². The van der Waals surface area contributed by atoms with Crippen molar-refractivity contribution >= 4 is 55.0 Å². The molecule has 4 aromatic carbocycles. The zero-order chi connectivity index (χ0) is 41.5. The van der Waals surface area contributed by atoms with E-state index >= 15 is 0 Å². The van der Waals surface area contributed by atoms with Gasteiger partial charge >= 0.3 is 53.1 Å². The number of Topliss-reactive ketones (excluding diaryl/α,β-unsaturated/α-hetero) is 2. The van der Waals surface area contributed by atoms with E-state index in [0.29, 0.717) is 11.1 Å². The summed E-state index contributed by atoms with van der Waals surface area (Å²) in [6.07, 6.45) is 2.86. The second-order valence-corrected chi connectivity index (χ2v) is 18.9. The minimum absolute atomic E-state index is 0. The quantitative estimate of drug-likeness (QED) is 0.0514. The van der Waals surface area contributed by atoms with E-state index in [-0.39, 0.29) is 51.0 Å². The van der Waals surface area contributed by atoms with E-state index in [4.69, 9.17) is 9.98 Å². The fraction of sp³-hybridized carbons (Fsp3) is 0.238. The summed E-state index contributed by atoms with van der Waals surface area (Å²) in [7, 11) is 0. The number of allylic oxidation sites excluding steroid dienone is 2. The standard InChI is InChI=1S/C42H44N2O4.Co.6FH.Sb/c1-25-19-27(3)37(28(4)20-25)41(47)35(31(7)45)23-43-39(33-15-11-9-12-16-33)40(34-17-13-10-14-18-34)44-24-36(32(8)46)42(48)38-29(5)21-26(2)22-30(38)6;;;;;;;;/h9-24,39-40,47-48H,1-8H3;;6*1H;/q;+2;;;;;;;+5/p-6/b41-35+,42-36+,43-23?,44-24?;;;;;;;;/t39-,40-;;;;;;;;/m0......../s1. The molecule has 0 saturated carbocycles. The molecule has 4 aromatic rings. The topological polar surface area (TPSA) is 99.3 Å². The summed E-state index contributed by atoms with van der Waals surface area (Å²) in [6, 6.07) is 25.7. The van der Waals surface area contributed by atoms with Gasteiger partial charge in [-0.3, -0.25) is 19.6 Å². The van der Waals surface area contributed by atoms with Gasteiger partial charge in [0.1, 0.15) is 23.6 Å². The van der Waals surface area contributed by atoms with Crippen molar-refractivity contribution in [3.05, 3.63) is 152 Å². The summed E-state index contributed by atoms with van der Waals surface area (Å²) >= 11 is -11.2. The molecule has 0 bridgehead atoms. The zero-order valence-corrected chi connectivity index (χ0v) is 35.6. The maximum atomic E-state index is 13.0. The average Bonchev–Trinajstić information content (AvgIpc) is 3.03. The van der Waals surface area contributed by atoms with Crippen molar-refractivity contribution in [2.45, 2.75) is 67.5 Å². The molecular weight excluding hydrogens is 891 g/mol. The number of hydrogen-bond donors (Lipinski definition) is 2. The molecule has 0 aliphatic rings. The first-order chi connectivity index (χ1) is 25.2. The second kappa shape index (κ2) is 18.2. The van der Waals surface area contributed by atoms with Gasteiger partial charge in [-0.15, -0.1) is 0 Å². The van der Waals surface area contributed by atoms with Crippen molar-refractivity contribution in [3.63, 3.8) is 0 Å². The second-order valence-electron chi connectivity index (χ2n) is 13.4. The first-order valence-electron chi connectivity index (χ1n) is 17.0. The van der Waals surface area contributed by atoms with E-state index in [0.717, 1.165) is 44.5 Å². The number of aliphatic imine (C=N–C) groups is 2. The molecule has 0 aliphatic carbocycles. The Morgan fingerprint density at radius 3 is 1.04 bits per heavy atom. The first kappa shape index (κ1) is 47.7. The molecule has 0 aromatic heterocycles. The van der Waals surface area contributed by atoms with Crippen LogP contribution in [0.5, 0.6) is 0 Å². The molecule has 0 heterocycles. The number of carbonyl (C=O) groups excluding carboxylic acids is 2. The molecule has 0 aliphatic heterocycles. The van der Waals surface area contributed by atoms with E-state index in [1.807, 2.05) is 126 Å². The molecule has 0 unspecified atom stereocenters. The summed E-state index contributed by atoms with van der Waals surface area (Å²) in [5, 5.41) is 23.0. The van der Waals surface area contributed by atoms with Crippen LogP contribution in [0.4, 0.5) is 16.9 Å². The average molecular weight is 936 g/mol. The van der Waals surface area contributed by atoms with E-state index in [1.54, 1.807) is 0 Å². The van der Waals surface area contributed by atoms with Crippen LogP contribution < -0.4 is 0 Å². The van der Waals surface area contributed by atoms with Gasteiger partial charge in [0.05, 0.1) is 11.1 Å². The van der Waals surface area contributed by atoms with Crippen LogP contribution >= 0.6 is 0 Å². The van der Waals surface area contributed by atoms with E-state index in [2.05, 4.69) is 0 Å². The molecule has 0 saturated heterocycles. The van der Waals surface area contributed by atoms with Crippen LogP contribution in [0.2, 0.25) is 0 Å². The van der Waals surface area contributed by atoms with Gasteiger partial charge in [0.25, 0.3) is 0 Å². The third-order valence-electron chi connectivity index (χ3n) is 8.41. The molecule has 0 amide bonds. The number of aliphatic hydroxyl groups excluding tert-OH is 2. The SMILES string of the molecule is CC(=O)/C(C=N[C@@H](c1ccccc1)[C@@H](N=C/C(C(C)=O)=C(\O)c1c(C)cc(C)cc1C)c1ccccc1)=C(/O)c1c(C)cc(C)cc1C.[Co+2].[F][Sb-]([F])([F])([F])([F])[F]. The summed E-state index contributed by atoms with van der Waals surface area (Å²) in [4.78, 5) is 35.9. The molecule has 0 spiro atoms. The van der Waals surface area contributed by atoms with Crippen LogP contribution in [0.25, 0.3) is 11.5 Å². The zero-order valence-electron chi connectivity index (χ0n) is 32.0. The molecule has 1 radical (unpaired) electrons. The number of benzene rings is 4. The van der Waals surface area contributed by atoms with Gasteiger partial charge in [-0.2, -0.15) is 0 Å². The van der Waals surface area contributed by atoms with Gasteiger partial charge in [-0.25, -0.2) is 0 Å². The van der Waals surface area contributed by atoms with Crippen LogP contribution in [-0.4, -0.2) is 53.7 Å². The Labute approximate surface area is 335 Å². The van der Waals surface area contributed by atoms with Gasteiger partial charge in [-0.1, -0.05) is 96.1 Å². The van der Waals surface area contributed by atoms with Crippen molar-refractivity contribution in [3.8, 4) is 0 Å². The molecule has 2 N–H and O–H groups in total. The van der Waals surface area contributed by atoms with Crippen LogP contribution in [0.15, 0.2) is 106 Å². The Morgan fingerprint density at radius 1 is 0.554 bits per heavy atom.